The van der Waals surface area contributed by atoms with Crippen LogP contribution in [0.2, 0.25) is 0 Å². The molecular weight excluding hydrogens is 346 g/mol. The number of sulfonamides is 1. The SMILES string of the molecule is CCN[C@H](C)CNC(=O)c1cccc(NS(=O)(=O)c2cccs2)c1. The van der Waals surface area contributed by atoms with E-state index in [2.05, 4.69) is 15.4 Å². The number of carbonyl (C=O) groups is 1. The first-order valence-corrected chi connectivity index (χ1v) is 9.96. The van der Waals surface area contributed by atoms with E-state index in [1.54, 1.807) is 29.6 Å². The van der Waals surface area contributed by atoms with Gasteiger partial charge < -0.3 is 10.6 Å². The van der Waals surface area contributed by atoms with Crippen molar-refractivity contribution in [2.75, 3.05) is 17.8 Å². The third kappa shape index (κ3) is 5.05. The number of benzene rings is 1. The fourth-order valence-corrected chi connectivity index (χ4v) is 4.16. The third-order valence-electron chi connectivity index (χ3n) is 3.26. The first kappa shape index (κ1) is 18.4. The third-order valence-corrected chi connectivity index (χ3v) is 6.04. The highest BCUT2D eigenvalue weighted by Crippen LogP contribution is 2.20. The van der Waals surface area contributed by atoms with E-state index in [0.29, 0.717) is 17.8 Å². The second kappa shape index (κ2) is 8.27. The van der Waals surface area contributed by atoms with Gasteiger partial charge in [0.1, 0.15) is 4.21 Å². The summed E-state index contributed by atoms with van der Waals surface area (Å²) in [5.41, 5.74) is 0.765. The molecule has 0 saturated carbocycles. The molecule has 0 saturated heterocycles. The molecule has 2 aromatic rings. The highest BCUT2D eigenvalue weighted by Gasteiger charge is 2.16. The Morgan fingerprint density at radius 1 is 1.25 bits per heavy atom. The van der Waals surface area contributed by atoms with E-state index < -0.39 is 10.0 Å². The van der Waals surface area contributed by atoms with Gasteiger partial charge in [-0.3, -0.25) is 9.52 Å². The largest absolute Gasteiger partial charge is 0.350 e. The molecule has 1 aromatic carbocycles. The molecule has 0 aliphatic carbocycles. The predicted molar refractivity (Wildman–Crippen MR) is 97.0 cm³/mol. The molecule has 1 atom stereocenters. The fraction of sp³-hybridized carbons (Fsp3) is 0.312. The zero-order chi connectivity index (χ0) is 17.6. The van der Waals surface area contributed by atoms with Crippen LogP contribution >= 0.6 is 11.3 Å². The molecule has 6 nitrogen and oxygen atoms in total. The highest BCUT2D eigenvalue weighted by atomic mass is 32.2. The molecule has 3 N–H and O–H groups in total. The lowest BCUT2D eigenvalue weighted by molar-refractivity contribution is 0.0950. The van der Waals surface area contributed by atoms with E-state index in [1.807, 2.05) is 13.8 Å². The Labute approximate surface area is 146 Å². The molecule has 1 aromatic heterocycles. The van der Waals surface area contributed by atoms with Crippen LogP contribution in [0.3, 0.4) is 0 Å². The number of nitrogens with one attached hydrogen (secondary N) is 3. The van der Waals surface area contributed by atoms with Gasteiger partial charge in [0, 0.05) is 23.8 Å². The number of likely N-dealkylation sites (N-methyl/N-ethyl adjacent to an activating group) is 1. The van der Waals surface area contributed by atoms with Gasteiger partial charge in [0.25, 0.3) is 15.9 Å². The fourth-order valence-electron chi connectivity index (χ4n) is 2.11. The van der Waals surface area contributed by atoms with Crippen molar-refractivity contribution in [3.05, 3.63) is 47.3 Å². The average molecular weight is 367 g/mol. The van der Waals surface area contributed by atoms with Crippen LogP contribution in [0.1, 0.15) is 24.2 Å². The lowest BCUT2D eigenvalue weighted by Gasteiger charge is -2.13. The first-order chi connectivity index (χ1) is 11.4. The van der Waals surface area contributed by atoms with Crippen LogP contribution in [0.15, 0.2) is 46.0 Å². The minimum Gasteiger partial charge on any atom is -0.350 e. The molecule has 0 bridgehead atoms. The second-order valence-corrected chi connectivity index (χ2v) is 8.14. The lowest BCUT2D eigenvalue weighted by atomic mass is 10.2. The van der Waals surface area contributed by atoms with Crippen LogP contribution in [-0.2, 0) is 10.0 Å². The van der Waals surface area contributed by atoms with E-state index in [4.69, 9.17) is 0 Å². The van der Waals surface area contributed by atoms with Crippen molar-refractivity contribution in [1.29, 1.82) is 0 Å². The monoisotopic (exact) mass is 367 g/mol. The lowest BCUT2D eigenvalue weighted by Crippen LogP contribution is -2.38. The van der Waals surface area contributed by atoms with Crippen molar-refractivity contribution < 1.29 is 13.2 Å². The average Bonchev–Trinajstić information content (AvgIpc) is 3.08. The van der Waals surface area contributed by atoms with Crippen molar-refractivity contribution in [3.8, 4) is 0 Å². The number of rotatable bonds is 8. The number of carbonyl (C=O) groups excluding carboxylic acids is 1. The van der Waals surface area contributed by atoms with Crippen LogP contribution in [0.4, 0.5) is 5.69 Å². The van der Waals surface area contributed by atoms with Crippen LogP contribution in [0.25, 0.3) is 0 Å². The second-order valence-electron chi connectivity index (χ2n) is 5.29. The summed E-state index contributed by atoms with van der Waals surface area (Å²) < 4.78 is 27.2. The Hall–Kier alpha value is -1.90. The molecule has 0 aliphatic heterocycles. The zero-order valence-corrected chi connectivity index (χ0v) is 15.2. The first-order valence-electron chi connectivity index (χ1n) is 7.60. The van der Waals surface area contributed by atoms with Crippen molar-refractivity contribution in [2.45, 2.75) is 24.1 Å². The van der Waals surface area contributed by atoms with Crippen LogP contribution in [0.5, 0.6) is 0 Å². The van der Waals surface area contributed by atoms with Gasteiger partial charge in [0.05, 0.1) is 0 Å². The molecule has 2 rings (SSSR count). The molecule has 0 radical (unpaired) electrons. The van der Waals surface area contributed by atoms with Gasteiger partial charge in [-0.15, -0.1) is 11.3 Å². The Kier molecular flexibility index (Phi) is 6.36. The Morgan fingerprint density at radius 2 is 2.04 bits per heavy atom. The molecule has 130 valence electrons. The van der Waals surface area contributed by atoms with Gasteiger partial charge in [-0.25, -0.2) is 8.42 Å². The number of hydrogen-bond acceptors (Lipinski definition) is 5. The van der Waals surface area contributed by atoms with Crippen LogP contribution in [-0.4, -0.2) is 33.5 Å². The van der Waals surface area contributed by atoms with Crippen molar-refractivity contribution in [1.82, 2.24) is 10.6 Å². The zero-order valence-electron chi connectivity index (χ0n) is 13.6. The maximum Gasteiger partial charge on any atom is 0.271 e. The Bertz CT molecular complexity index is 774. The number of anilines is 1. The molecule has 0 unspecified atom stereocenters. The van der Waals surface area contributed by atoms with Crippen molar-refractivity contribution >= 4 is 33.0 Å². The maximum atomic E-state index is 12.2. The van der Waals surface area contributed by atoms with E-state index in [1.165, 1.54) is 12.1 Å². The van der Waals surface area contributed by atoms with Gasteiger partial charge in [0.2, 0.25) is 0 Å². The number of hydrogen-bond donors (Lipinski definition) is 3. The molecule has 1 heterocycles. The molecule has 8 heteroatoms. The van der Waals surface area contributed by atoms with Gasteiger partial charge >= 0.3 is 0 Å². The summed E-state index contributed by atoms with van der Waals surface area (Å²) in [5.74, 6) is -0.239. The summed E-state index contributed by atoms with van der Waals surface area (Å²) in [6.07, 6.45) is 0. The topological polar surface area (TPSA) is 87.3 Å². The Balaban J connectivity index is 2.05. The number of thiophene rings is 1. The van der Waals surface area contributed by atoms with E-state index >= 15 is 0 Å². The molecule has 1 amide bonds. The van der Waals surface area contributed by atoms with Crippen molar-refractivity contribution in [3.63, 3.8) is 0 Å². The Morgan fingerprint density at radius 3 is 2.71 bits per heavy atom. The van der Waals surface area contributed by atoms with E-state index in [0.717, 1.165) is 17.9 Å². The summed E-state index contributed by atoms with van der Waals surface area (Å²) in [5, 5.41) is 7.73. The molecule has 0 fully saturated rings. The minimum absolute atomic E-state index is 0.166. The van der Waals surface area contributed by atoms with Crippen molar-refractivity contribution in [2.24, 2.45) is 0 Å². The molecule has 0 aliphatic rings. The van der Waals surface area contributed by atoms with E-state index in [9.17, 15) is 13.2 Å². The van der Waals surface area contributed by atoms with Gasteiger partial charge in [-0.2, -0.15) is 0 Å². The van der Waals surface area contributed by atoms with E-state index in [-0.39, 0.29) is 16.2 Å². The van der Waals surface area contributed by atoms with Crippen LogP contribution in [0, 0.1) is 0 Å². The van der Waals surface area contributed by atoms with Gasteiger partial charge in [-0.1, -0.05) is 19.1 Å². The van der Waals surface area contributed by atoms with Crippen LogP contribution < -0.4 is 15.4 Å². The maximum absolute atomic E-state index is 12.2. The summed E-state index contributed by atoms with van der Waals surface area (Å²) in [4.78, 5) is 12.2. The summed E-state index contributed by atoms with van der Waals surface area (Å²) in [7, 11) is -3.62. The summed E-state index contributed by atoms with van der Waals surface area (Å²) >= 11 is 1.14. The molecule has 0 spiro atoms. The summed E-state index contributed by atoms with van der Waals surface area (Å²) in [6, 6.07) is 9.81. The minimum atomic E-state index is -3.62. The normalized spacial score (nSPS) is 12.6. The molecule has 24 heavy (non-hydrogen) atoms. The predicted octanol–water partition coefficient (Wildman–Crippen LogP) is 2.28. The number of amides is 1. The van der Waals surface area contributed by atoms with Gasteiger partial charge in [-0.05, 0) is 43.1 Å². The smallest absolute Gasteiger partial charge is 0.271 e. The van der Waals surface area contributed by atoms with Gasteiger partial charge in [0.15, 0.2) is 0 Å². The quantitative estimate of drug-likeness (QED) is 0.668. The molecular formula is C16H21N3O3S2. The highest BCUT2D eigenvalue weighted by molar-refractivity contribution is 7.94. The standard InChI is InChI=1S/C16H21N3O3S2/c1-3-17-12(2)11-18-16(20)13-6-4-7-14(10-13)19-24(21,22)15-8-5-9-23-15/h4-10,12,17,19H,3,11H2,1-2H3,(H,18,20)/t12-/m1/s1. The summed E-state index contributed by atoms with van der Waals surface area (Å²) in [6.45, 7) is 5.31.